The van der Waals surface area contributed by atoms with E-state index in [0.717, 1.165) is 22.0 Å². The SMILES string of the molecule is CCOc1ccccc1NC(=O)CSc1nc2cc(C)c(C)cc2cc1C#N. The Bertz CT molecular complexity index is 1070. The number of nitriles is 1. The second-order valence-corrected chi connectivity index (χ2v) is 7.31. The number of aromatic nitrogens is 1. The number of aryl methyl sites for hydroxylation is 2. The molecule has 0 saturated carbocycles. The molecular weight excluding hydrogens is 370 g/mol. The summed E-state index contributed by atoms with van der Waals surface area (Å²) in [5.74, 6) is 0.608. The largest absolute Gasteiger partial charge is 0.492 e. The van der Waals surface area contributed by atoms with Gasteiger partial charge in [-0.05, 0) is 62.2 Å². The average Bonchev–Trinajstić information content (AvgIpc) is 2.68. The van der Waals surface area contributed by atoms with Crippen LogP contribution in [0.2, 0.25) is 0 Å². The lowest BCUT2D eigenvalue weighted by molar-refractivity contribution is -0.113. The minimum atomic E-state index is -0.178. The lowest BCUT2D eigenvalue weighted by Gasteiger charge is -2.11. The van der Waals surface area contributed by atoms with Gasteiger partial charge in [-0.15, -0.1) is 0 Å². The number of para-hydroxylation sites is 2. The zero-order chi connectivity index (χ0) is 20.1. The van der Waals surface area contributed by atoms with Crippen LogP contribution < -0.4 is 10.1 Å². The number of hydrogen-bond donors (Lipinski definition) is 1. The van der Waals surface area contributed by atoms with E-state index in [9.17, 15) is 10.1 Å². The number of ether oxygens (including phenoxy) is 1. The number of anilines is 1. The van der Waals surface area contributed by atoms with E-state index in [1.165, 1.54) is 11.8 Å². The predicted molar refractivity (Wildman–Crippen MR) is 113 cm³/mol. The monoisotopic (exact) mass is 391 g/mol. The van der Waals surface area contributed by atoms with Crippen molar-refractivity contribution in [2.75, 3.05) is 17.7 Å². The molecule has 0 radical (unpaired) electrons. The van der Waals surface area contributed by atoms with Crippen molar-refractivity contribution in [3.8, 4) is 11.8 Å². The maximum absolute atomic E-state index is 12.4. The van der Waals surface area contributed by atoms with Gasteiger partial charge in [-0.3, -0.25) is 4.79 Å². The van der Waals surface area contributed by atoms with Crippen molar-refractivity contribution >= 4 is 34.3 Å². The minimum absolute atomic E-state index is 0.151. The van der Waals surface area contributed by atoms with Crippen molar-refractivity contribution in [2.24, 2.45) is 0 Å². The van der Waals surface area contributed by atoms with E-state index in [1.54, 1.807) is 6.07 Å². The zero-order valence-corrected chi connectivity index (χ0v) is 16.9. The summed E-state index contributed by atoms with van der Waals surface area (Å²) in [6.45, 7) is 6.48. The molecule has 1 heterocycles. The summed E-state index contributed by atoms with van der Waals surface area (Å²) in [6, 6.07) is 15.4. The maximum atomic E-state index is 12.4. The number of carbonyl (C=O) groups excluding carboxylic acids is 1. The molecule has 1 aromatic heterocycles. The lowest BCUT2D eigenvalue weighted by atomic mass is 10.1. The summed E-state index contributed by atoms with van der Waals surface area (Å²) < 4.78 is 5.53. The normalized spacial score (nSPS) is 10.5. The van der Waals surface area contributed by atoms with Crippen LogP contribution in [0, 0.1) is 25.2 Å². The van der Waals surface area contributed by atoms with Crippen LogP contribution >= 0.6 is 11.8 Å². The number of carbonyl (C=O) groups is 1. The third kappa shape index (κ3) is 4.44. The summed E-state index contributed by atoms with van der Waals surface area (Å²) in [7, 11) is 0. The Balaban J connectivity index is 1.77. The van der Waals surface area contributed by atoms with Gasteiger partial charge in [-0.1, -0.05) is 23.9 Å². The molecule has 5 nitrogen and oxygen atoms in total. The highest BCUT2D eigenvalue weighted by Crippen LogP contribution is 2.28. The van der Waals surface area contributed by atoms with Crippen LogP contribution in [0.4, 0.5) is 5.69 Å². The number of nitrogens with zero attached hydrogens (tertiary/aromatic N) is 2. The van der Waals surface area contributed by atoms with Crippen molar-refractivity contribution in [1.29, 1.82) is 5.26 Å². The first-order valence-electron chi connectivity index (χ1n) is 8.98. The average molecular weight is 391 g/mol. The van der Waals surface area contributed by atoms with E-state index in [2.05, 4.69) is 16.4 Å². The Labute approximate surface area is 168 Å². The van der Waals surface area contributed by atoms with E-state index in [-0.39, 0.29) is 11.7 Å². The number of nitrogens with one attached hydrogen (secondary N) is 1. The summed E-state index contributed by atoms with van der Waals surface area (Å²) in [5.41, 5.74) is 4.24. The first-order valence-corrected chi connectivity index (χ1v) is 9.97. The number of pyridine rings is 1. The van der Waals surface area contributed by atoms with E-state index in [0.29, 0.717) is 28.6 Å². The van der Waals surface area contributed by atoms with Gasteiger partial charge < -0.3 is 10.1 Å². The second-order valence-electron chi connectivity index (χ2n) is 6.35. The van der Waals surface area contributed by atoms with Crippen LogP contribution in [-0.2, 0) is 4.79 Å². The van der Waals surface area contributed by atoms with E-state index >= 15 is 0 Å². The third-order valence-electron chi connectivity index (χ3n) is 4.32. The fourth-order valence-electron chi connectivity index (χ4n) is 2.78. The first-order chi connectivity index (χ1) is 13.5. The molecule has 0 atom stereocenters. The first kappa shape index (κ1) is 19.7. The van der Waals surface area contributed by atoms with Gasteiger partial charge in [-0.25, -0.2) is 4.98 Å². The standard InChI is InChI=1S/C22H21N3O2S/c1-4-27-20-8-6-5-7-18(20)24-21(26)13-28-22-17(12-23)11-16-9-14(2)15(3)10-19(16)25-22/h5-11H,4,13H2,1-3H3,(H,24,26). The number of benzene rings is 2. The Morgan fingerprint density at radius 3 is 2.71 bits per heavy atom. The molecule has 0 saturated heterocycles. The highest BCUT2D eigenvalue weighted by Gasteiger charge is 2.12. The van der Waals surface area contributed by atoms with Gasteiger partial charge in [0, 0.05) is 5.39 Å². The molecular formula is C22H21N3O2S. The molecule has 1 amide bonds. The molecule has 6 heteroatoms. The van der Waals surface area contributed by atoms with Crippen molar-refractivity contribution < 1.29 is 9.53 Å². The molecule has 0 aliphatic carbocycles. The van der Waals surface area contributed by atoms with Crippen LogP contribution in [0.25, 0.3) is 10.9 Å². The van der Waals surface area contributed by atoms with Crippen molar-refractivity contribution in [3.63, 3.8) is 0 Å². The number of amides is 1. The van der Waals surface area contributed by atoms with Crippen LogP contribution in [-0.4, -0.2) is 23.3 Å². The van der Waals surface area contributed by atoms with Gasteiger partial charge in [0.15, 0.2) is 0 Å². The zero-order valence-electron chi connectivity index (χ0n) is 16.1. The van der Waals surface area contributed by atoms with Gasteiger partial charge in [0.05, 0.1) is 29.1 Å². The summed E-state index contributed by atoms with van der Waals surface area (Å²) >= 11 is 1.26. The smallest absolute Gasteiger partial charge is 0.234 e. The van der Waals surface area contributed by atoms with Crippen molar-refractivity contribution in [2.45, 2.75) is 25.8 Å². The Morgan fingerprint density at radius 2 is 1.96 bits per heavy atom. The lowest BCUT2D eigenvalue weighted by Crippen LogP contribution is -2.15. The molecule has 0 unspecified atom stereocenters. The number of thioether (sulfide) groups is 1. The Kier molecular flexibility index (Phi) is 6.17. The van der Waals surface area contributed by atoms with E-state index in [1.807, 2.05) is 57.2 Å². The van der Waals surface area contributed by atoms with Gasteiger partial charge >= 0.3 is 0 Å². The molecule has 3 rings (SSSR count). The van der Waals surface area contributed by atoms with Gasteiger partial charge in [0.1, 0.15) is 16.8 Å². The highest BCUT2D eigenvalue weighted by molar-refractivity contribution is 8.00. The molecule has 142 valence electrons. The van der Waals surface area contributed by atoms with Crippen molar-refractivity contribution in [3.05, 3.63) is 59.2 Å². The fraction of sp³-hybridized carbons (Fsp3) is 0.227. The minimum Gasteiger partial charge on any atom is -0.492 e. The second kappa shape index (κ2) is 8.77. The molecule has 0 aliphatic rings. The summed E-state index contributed by atoms with van der Waals surface area (Å²) in [4.78, 5) is 17.0. The summed E-state index contributed by atoms with van der Waals surface area (Å²) in [6.07, 6.45) is 0. The molecule has 2 aromatic carbocycles. The molecule has 0 spiro atoms. The predicted octanol–water partition coefficient (Wildman–Crippen LogP) is 4.85. The highest BCUT2D eigenvalue weighted by atomic mass is 32.2. The summed E-state index contributed by atoms with van der Waals surface area (Å²) in [5, 5.41) is 13.8. The van der Waals surface area contributed by atoms with Gasteiger partial charge in [0.2, 0.25) is 5.91 Å². The van der Waals surface area contributed by atoms with Gasteiger partial charge in [0.25, 0.3) is 0 Å². The quantitative estimate of drug-likeness (QED) is 0.608. The number of hydrogen-bond acceptors (Lipinski definition) is 5. The molecule has 0 aliphatic heterocycles. The Hall–Kier alpha value is -3.04. The van der Waals surface area contributed by atoms with Crippen LogP contribution in [0.5, 0.6) is 5.75 Å². The number of rotatable bonds is 6. The fourth-order valence-corrected chi connectivity index (χ4v) is 3.55. The number of fused-ring (bicyclic) bond motifs is 1. The van der Waals surface area contributed by atoms with E-state index < -0.39 is 0 Å². The third-order valence-corrected chi connectivity index (χ3v) is 5.31. The van der Waals surface area contributed by atoms with Crippen molar-refractivity contribution in [1.82, 2.24) is 4.98 Å². The molecule has 1 N–H and O–H groups in total. The molecule has 0 bridgehead atoms. The maximum Gasteiger partial charge on any atom is 0.234 e. The van der Waals surface area contributed by atoms with Crippen LogP contribution in [0.3, 0.4) is 0 Å². The van der Waals surface area contributed by atoms with Gasteiger partial charge in [-0.2, -0.15) is 5.26 Å². The van der Waals surface area contributed by atoms with Crippen LogP contribution in [0.1, 0.15) is 23.6 Å². The molecule has 0 fully saturated rings. The molecule has 3 aromatic rings. The van der Waals surface area contributed by atoms with E-state index in [4.69, 9.17) is 4.74 Å². The van der Waals surface area contributed by atoms with Crippen LogP contribution in [0.15, 0.2) is 47.5 Å². The molecule has 28 heavy (non-hydrogen) atoms. The Morgan fingerprint density at radius 1 is 1.21 bits per heavy atom. The topological polar surface area (TPSA) is 75.0 Å².